The molecule has 0 aliphatic heterocycles. The Hall–Kier alpha value is -1.36. The number of aryl methyl sites for hydroxylation is 1. The number of nitrogens with two attached hydrogens (primary N) is 1. The molecule has 2 rings (SSSR count). The van der Waals surface area contributed by atoms with Gasteiger partial charge in [0.2, 0.25) is 5.91 Å². The van der Waals surface area contributed by atoms with Crippen molar-refractivity contribution in [1.29, 1.82) is 0 Å². The molecule has 3 N–H and O–H groups in total. The lowest BCUT2D eigenvalue weighted by atomic mass is 9.98. The predicted octanol–water partition coefficient (Wildman–Crippen LogP) is 1.27. The van der Waals surface area contributed by atoms with Crippen molar-refractivity contribution in [3.8, 4) is 0 Å². The molecule has 5 nitrogen and oxygen atoms in total. The fraction of sp³-hybridized carbons (Fsp3) is 0.667. The van der Waals surface area contributed by atoms with Gasteiger partial charge in [-0.15, -0.1) is 0 Å². The molecule has 1 atom stereocenters. The van der Waals surface area contributed by atoms with E-state index in [4.69, 9.17) is 5.73 Å². The Kier molecular flexibility index (Phi) is 3.78. The zero-order valence-corrected chi connectivity index (χ0v) is 10.2. The fourth-order valence-corrected chi connectivity index (χ4v) is 2.43. The van der Waals surface area contributed by atoms with Crippen LogP contribution < -0.4 is 11.1 Å². The molecule has 1 aliphatic carbocycles. The normalized spacial score (nSPS) is 18.2. The van der Waals surface area contributed by atoms with E-state index in [1.54, 1.807) is 17.1 Å². The minimum atomic E-state index is -0.404. The number of rotatable bonds is 4. The van der Waals surface area contributed by atoms with Crippen LogP contribution in [0, 0.1) is 5.92 Å². The molecule has 1 amide bonds. The van der Waals surface area contributed by atoms with E-state index in [0.29, 0.717) is 11.6 Å². The molecule has 1 heterocycles. The maximum Gasteiger partial charge on any atom is 0.241 e. The van der Waals surface area contributed by atoms with Gasteiger partial charge in [0.25, 0.3) is 0 Å². The van der Waals surface area contributed by atoms with E-state index in [1.807, 2.05) is 7.05 Å². The third-order valence-corrected chi connectivity index (χ3v) is 3.37. The van der Waals surface area contributed by atoms with E-state index in [1.165, 1.54) is 25.7 Å². The number of nitrogens with zero attached hydrogens (tertiary/aromatic N) is 2. The standard InChI is InChI=1S/C12H20N4O/c1-16-8-10(7-14-16)15-12(17)11(13)6-9-4-2-3-5-9/h7-9,11H,2-6,13H2,1H3,(H,15,17)/t11-/m0/s1. The average molecular weight is 236 g/mol. The summed E-state index contributed by atoms with van der Waals surface area (Å²) < 4.78 is 1.65. The Balaban J connectivity index is 1.82. The number of hydrogen-bond donors (Lipinski definition) is 2. The highest BCUT2D eigenvalue weighted by Crippen LogP contribution is 2.28. The van der Waals surface area contributed by atoms with Crippen LogP contribution in [-0.2, 0) is 11.8 Å². The summed E-state index contributed by atoms with van der Waals surface area (Å²) in [5.41, 5.74) is 6.62. The summed E-state index contributed by atoms with van der Waals surface area (Å²) in [5, 5.41) is 6.78. The van der Waals surface area contributed by atoms with Crippen molar-refractivity contribution in [3.05, 3.63) is 12.4 Å². The Labute approximate surface area is 101 Å². The lowest BCUT2D eigenvalue weighted by Gasteiger charge is -2.15. The molecule has 1 aliphatic rings. The van der Waals surface area contributed by atoms with Crippen LogP contribution in [0.15, 0.2) is 12.4 Å². The molecule has 0 radical (unpaired) electrons. The first kappa shape index (κ1) is 12.1. The van der Waals surface area contributed by atoms with Crippen LogP contribution in [0.5, 0.6) is 0 Å². The highest BCUT2D eigenvalue weighted by molar-refractivity contribution is 5.94. The lowest BCUT2D eigenvalue weighted by molar-refractivity contribution is -0.117. The summed E-state index contributed by atoms with van der Waals surface area (Å²) in [6.45, 7) is 0. The lowest BCUT2D eigenvalue weighted by Crippen LogP contribution is -2.36. The molecule has 94 valence electrons. The van der Waals surface area contributed by atoms with Gasteiger partial charge in [0.15, 0.2) is 0 Å². The number of hydrogen-bond acceptors (Lipinski definition) is 3. The molecule has 0 aromatic carbocycles. The Morgan fingerprint density at radius 1 is 1.65 bits per heavy atom. The van der Waals surface area contributed by atoms with Crippen molar-refractivity contribution in [2.45, 2.75) is 38.1 Å². The maximum absolute atomic E-state index is 11.8. The van der Waals surface area contributed by atoms with Crippen molar-refractivity contribution < 1.29 is 4.79 Å². The first-order valence-electron chi connectivity index (χ1n) is 6.20. The second-order valence-electron chi connectivity index (χ2n) is 4.88. The van der Waals surface area contributed by atoms with E-state index in [0.717, 1.165) is 6.42 Å². The van der Waals surface area contributed by atoms with E-state index < -0.39 is 6.04 Å². The molecule has 1 saturated carbocycles. The average Bonchev–Trinajstić information content (AvgIpc) is 2.90. The van der Waals surface area contributed by atoms with Crippen molar-refractivity contribution in [1.82, 2.24) is 9.78 Å². The van der Waals surface area contributed by atoms with Gasteiger partial charge in [-0.1, -0.05) is 25.7 Å². The molecule has 1 aromatic rings. The number of carbonyl (C=O) groups excluding carboxylic acids is 1. The Morgan fingerprint density at radius 3 is 2.94 bits per heavy atom. The van der Waals surface area contributed by atoms with E-state index >= 15 is 0 Å². The van der Waals surface area contributed by atoms with Gasteiger partial charge in [-0.25, -0.2) is 0 Å². The predicted molar refractivity (Wildman–Crippen MR) is 66.4 cm³/mol. The first-order chi connectivity index (χ1) is 8.15. The van der Waals surface area contributed by atoms with Gasteiger partial charge in [-0.2, -0.15) is 5.10 Å². The van der Waals surface area contributed by atoms with Crippen molar-refractivity contribution in [3.63, 3.8) is 0 Å². The number of anilines is 1. The number of nitrogens with one attached hydrogen (secondary N) is 1. The third kappa shape index (κ3) is 3.30. The quantitative estimate of drug-likeness (QED) is 0.826. The summed E-state index contributed by atoms with van der Waals surface area (Å²) >= 11 is 0. The summed E-state index contributed by atoms with van der Waals surface area (Å²) in [7, 11) is 1.81. The number of amides is 1. The molecule has 0 bridgehead atoms. The zero-order valence-electron chi connectivity index (χ0n) is 10.2. The molecule has 0 spiro atoms. The second-order valence-corrected chi connectivity index (χ2v) is 4.88. The fourth-order valence-electron chi connectivity index (χ4n) is 2.43. The van der Waals surface area contributed by atoms with Crippen LogP contribution in [0.25, 0.3) is 0 Å². The Morgan fingerprint density at radius 2 is 2.35 bits per heavy atom. The Bertz CT molecular complexity index is 382. The van der Waals surface area contributed by atoms with E-state index in [2.05, 4.69) is 10.4 Å². The summed E-state index contributed by atoms with van der Waals surface area (Å²) in [6, 6.07) is -0.404. The van der Waals surface area contributed by atoms with Crippen LogP contribution in [0.1, 0.15) is 32.1 Å². The van der Waals surface area contributed by atoms with Gasteiger partial charge in [0.05, 0.1) is 17.9 Å². The summed E-state index contributed by atoms with van der Waals surface area (Å²) in [4.78, 5) is 11.8. The zero-order chi connectivity index (χ0) is 12.3. The molecular formula is C12H20N4O. The largest absolute Gasteiger partial charge is 0.322 e. The molecule has 0 unspecified atom stereocenters. The molecule has 17 heavy (non-hydrogen) atoms. The van der Waals surface area contributed by atoms with E-state index in [9.17, 15) is 4.79 Å². The SMILES string of the molecule is Cn1cc(NC(=O)[C@@H](N)CC2CCCC2)cn1. The monoisotopic (exact) mass is 236 g/mol. The van der Waals surface area contributed by atoms with Gasteiger partial charge in [-0.05, 0) is 12.3 Å². The molecule has 0 saturated heterocycles. The van der Waals surface area contributed by atoms with Gasteiger partial charge < -0.3 is 11.1 Å². The number of aromatic nitrogens is 2. The molecular weight excluding hydrogens is 216 g/mol. The van der Waals surface area contributed by atoms with Crippen molar-refractivity contribution in [2.24, 2.45) is 18.7 Å². The number of carbonyl (C=O) groups is 1. The molecule has 1 fully saturated rings. The third-order valence-electron chi connectivity index (χ3n) is 3.37. The minimum Gasteiger partial charge on any atom is -0.322 e. The second kappa shape index (κ2) is 5.31. The van der Waals surface area contributed by atoms with E-state index in [-0.39, 0.29) is 5.91 Å². The van der Waals surface area contributed by atoms with Crippen molar-refractivity contribution >= 4 is 11.6 Å². The highest BCUT2D eigenvalue weighted by atomic mass is 16.2. The van der Waals surface area contributed by atoms with Gasteiger partial charge in [0.1, 0.15) is 0 Å². The van der Waals surface area contributed by atoms with Gasteiger partial charge >= 0.3 is 0 Å². The van der Waals surface area contributed by atoms with Crippen LogP contribution in [0.4, 0.5) is 5.69 Å². The molecule has 5 heteroatoms. The van der Waals surface area contributed by atoms with Crippen LogP contribution >= 0.6 is 0 Å². The smallest absolute Gasteiger partial charge is 0.241 e. The van der Waals surface area contributed by atoms with Gasteiger partial charge in [0, 0.05) is 13.2 Å². The van der Waals surface area contributed by atoms with Crippen molar-refractivity contribution in [2.75, 3.05) is 5.32 Å². The summed E-state index contributed by atoms with van der Waals surface area (Å²) in [5.74, 6) is 0.523. The maximum atomic E-state index is 11.8. The van der Waals surface area contributed by atoms with Gasteiger partial charge in [-0.3, -0.25) is 9.48 Å². The van der Waals surface area contributed by atoms with Crippen LogP contribution in [-0.4, -0.2) is 21.7 Å². The highest BCUT2D eigenvalue weighted by Gasteiger charge is 2.22. The van der Waals surface area contributed by atoms with Crippen LogP contribution in [0.3, 0.4) is 0 Å². The topological polar surface area (TPSA) is 72.9 Å². The molecule has 1 aromatic heterocycles. The van der Waals surface area contributed by atoms with Crippen LogP contribution in [0.2, 0.25) is 0 Å². The first-order valence-corrected chi connectivity index (χ1v) is 6.20. The summed E-state index contributed by atoms with van der Waals surface area (Å²) in [6.07, 6.45) is 9.18. The minimum absolute atomic E-state index is 0.107.